The highest BCUT2D eigenvalue weighted by Gasteiger charge is 2.40. The van der Waals surface area contributed by atoms with Gasteiger partial charge in [0.15, 0.2) is 0 Å². The number of hydrogen-bond donors (Lipinski definition) is 0. The van der Waals surface area contributed by atoms with Crippen molar-refractivity contribution < 1.29 is 0 Å². The molecule has 0 amide bonds. The molecule has 1 aliphatic rings. The lowest BCUT2D eigenvalue weighted by Gasteiger charge is -2.09. The van der Waals surface area contributed by atoms with Gasteiger partial charge in [-0.25, -0.2) is 0 Å². The van der Waals surface area contributed by atoms with E-state index in [1.165, 1.54) is 24.8 Å². The Hall–Kier alpha value is -0.260. The molecule has 1 fully saturated rings. The summed E-state index contributed by atoms with van der Waals surface area (Å²) < 4.78 is 0. The summed E-state index contributed by atoms with van der Waals surface area (Å²) in [5, 5.41) is 0. The number of allylic oxidation sites excluding steroid dienone is 1. The summed E-state index contributed by atoms with van der Waals surface area (Å²) in [6.07, 6.45) is 4.07. The standard InChI is InChI=1S/C8H14/c1-4-8(5-6-8)7(2)3/h2,4-6H2,1,3H3. The number of rotatable bonds is 2. The SMILES string of the molecule is C=C(C)C1(CC)CC1. The highest BCUT2D eigenvalue weighted by Crippen LogP contribution is 2.53. The molecule has 1 aliphatic carbocycles. The van der Waals surface area contributed by atoms with Crippen molar-refractivity contribution >= 4 is 0 Å². The van der Waals surface area contributed by atoms with Crippen LogP contribution >= 0.6 is 0 Å². The molecule has 0 spiro atoms. The zero-order valence-corrected chi connectivity index (χ0v) is 5.83. The molecule has 0 aliphatic heterocycles. The molecule has 0 heterocycles. The van der Waals surface area contributed by atoms with Gasteiger partial charge in [-0.2, -0.15) is 0 Å². The van der Waals surface area contributed by atoms with Gasteiger partial charge in [0.1, 0.15) is 0 Å². The van der Waals surface area contributed by atoms with Crippen LogP contribution in [0.3, 0.4) is 0 Å². The van der Waals surface area contributed by atoms with E-state index >= 15 is 0 Å². The van der Waals surface area contributed by atoms with Gasteiger partial charge < -0.3 is 0 Å². The van der Waals surface area contributed by atoms with Crippen molar-refractivity contribution in [1.82, 2.24) is 0 Å². The third-order valence-corrected chi connectivity index (χ3v) is 2.44. The van der Waals surface area contributed by atoms with E-state index in [1.54, 1.807) is 0 Å². The minimum Gasteiger partial charge on any atom is -0.0996 e. The van der Waals surface area contributed by atoms with Crippen LogP contribution in [0.15, 0.2) is 12.2 Å². The van der Waals surface area contributed by atoms with E-state index in [1.807, 2.05) is 0 Å². The van der Waals surface area contributed by atoms with E-state index in [4.69, 9.17) is 0 Å². The van der Waals surface area contributed by atoms with Crippen LogP contribution in [0.25, 0.3) is 0 Å². The van der Waals surface area contributed by atoms with Crippen molar-refractivity contribution in [3.05, 3.63) is 12.2 Å². The molecular formula is C8H14. The average Bonchev–Trinajstić information content (AvgIpc) is 2.44. The molecule has 0 heteroatoms. The Kier molecular flexibility index (Phi) is 1.18. The molecule has 0 atom stereocenters. The van der Waals surface area contributed by atoms with Crippen LogP contribution in [0.5, 0.6) is 0 Å². The largest absolute Gasteiger partial charge is 0.0996 e. The van der Waals surface area contributed by atoms with Crippen LogP contribution in [0.1, 0.15) is 33.1 Å². The maximum atomic E-state index is 3.96. The van der Waals surface area contributed by atoms with Crippen molar-refractivity contribution in [3.8, 4) is 0 Å². The van der Waals surface area contributed by atoms with E-state index in [0.717, 1.165) is 0 Å². The summed E-state index contributed by atoms with van der Waals surface area (Å²) in [6.45, 7) is 8.36. The summed E-state index contributed by atoms with van der Waals surface area (Å²) in [5.74, 6) is 0. The van der Waals surface area contributed by atoms with Crippen molar-refractivity contribution in [2.75, 3.05) is 0 Å². The lowest BCUT2D eigenvalue weighted by Crippen LogP contribution is -1.96. The van der Waals surface area contributed by atoms with E-state index in [9.17, 15) is 0 Å². The van der Waals surface area contributed by atoms with Gasteiger partial charge in [-0.3, -0.25) is 0 Å². The third kappa shape index (κ3) is 0.683. The molecule has 0 saturated heterocycles. The second-order valence-electron chi connectivity index (χ2n) is 2.91. The van der Waals surface area contributed by atoms with E-state index in [2.05, 4.69) is 20.4 Å². The van der Waals surface area contributed by atoms with Crippen molar-refractivity contribution in [2.24, 2.45) is 5.41 Å². The fourth-order valence-corrected chi connectivity index (χ4v) is 1.23. The first kappa shape index (κ1) is 5.87. The molecule has 1 saturated carbocycles. The Labute approximate surface area is 51.6 Å². The van der Waals surface area contributed by atoms with Crippen molar-refractivity contribution in [2.45, 2.75) is 33.1 Å². The Morgan fingerprint density at radius 3 is 2.12 bits per heavy atom. The Morgan fingerprint density at radius 2 is 2.12 bits per heavy atom. The minimum absolute atomic E-state index is 0.597. The second kappa shape index (κ2) is 1.61. The molecule has 0 aromatic rings. The van der Waals surface area contributed by atoms with Gasteiger partial charge in [-0.05, 0) is 31.6 Å². The molecule has 0 nitrogen and oxygen atoms in total. The van der Waals surface area contributed by atoms with E-state index < -0.39 is 0 Å². The predicted octanol–water partition coefficient (Wildman–Crippen LogP) is 2.75. The Balaban J connectivity index is 2.53. The molecule has 46 valence electrons. The second-order valence-corrected chi connectivity index (χ2v) is 2.91. The predicted molar refractivity (Wildman–Crippen MR) is 36.8 cm³/mol. The topological polar surface area (TPSA) is 0 Å². The van der Waals surface area contributed by atoms with Crippen LogP contribution in [-0.4, -0.2) is 0 Å². The van der Waals surface area contributed by atoms with E-state index in [0.29, 0.717) is 5.41 Å². The van der Waals surface area contributed by atoms with Crippen LogP contribution in [0, 0.1) is 5.41 Å². The summed E-state index contributed by atoms with van der Waals surface area (Å²) in [6, 6.07) is 0. The Morgan fingerprint density at radius 1 is 1.62 bits per heavy atom. The van der Waals surface area contributed by atoms with Gasteiger partial charge >= 0.3 is 0 Å². The molecule has 0 bridgehead atoms. The summed E-state index contributed by atoms with van der Waals surface area (Å²) in [7, 11) is 0. The van der Waals surface area contributed by atoms with Crippen LogP contribution < -0.4 is 0 Å². The highest BCUT2D eigenvalue weighted by atomic mass is 14.4. The van der Waals surface area contributed by atoms with Gasteiger partial charge in [0, 0.05) is 0 Å². The zero-order chi connectivity index (χ0) is 6.20. The Bertz CT molecular complexity index is 107. The molecule has 0 aromatic heterocycles. The quantitative estimate of drug-likeness (QED) is 0.479. The van der Waals surface area contributed by atoms with Gasteiger partial charge in [0.2, 0.25) is 0 Å². The molecule has 0 unspecified atom stereocenters. The average molecular weight is 110 g/mol. The normalized spacial score (nSPS) is 22.8. The lowest BCUT2D eigenvalue weighted by atomic mass is 9.96. The van der Waals surface area contributed by atoms with Gasteiger partial charge in [-0.1, -0.05) is 19.1 Å². The molecule has 1 rings (SSSR count). The first-order chi connectivity index (χ1) is 3.71. The first-order valence-corrected chi connectivity index (χ1v) is 3.37. The van der Waals surface area contributed by atoms with Gasteiger partial charge in [0.05, 0.1) is 0 Å². The van der Waals surface area contributed by atoms with Crippen LogP contribution in [0.4, 0.5) is 0 Å². The van der Waals surface area contributed by atoms with Gasteiger partial charge in [-0.15, -0.1) is 0 Å². The maximum Gasteiger partial charge on any atom is -0.00955 e. The summed E-state index contributed by atoms with van der Waals surface area (Å²) in [5.41, 5.74) is 1.99. The lowest BCUT2D eigenvalue weighted by molar-refractivity contribution is 0.586. The first-order valence-electron chi connectivity index (χ1n) is 3.37. The summed E-state index contributed by atoms with van der Waals surface area (Å²) >= 11 is 0. The van der Waals surface area contributed by atoms with Crippen molar-refractivity contribution in [3.63, 3.8) is 0 Å². The highest BCUT2D eigenvalue weighted by molar-refractivity contribution is 5.15. The molecular weight excluding hydrogens is 96.1 g/mol. The van der Waals surface area contributed by atoms with Gasteiger partial charge in [0.25, 0.3) is 0 Å². The fraction of sp³-hybridized carbons (Fsp3) is 0.750. The third-order valence-electron chi connectivity index (χ3n) is 2.44. The summed E-state index contributed by atoms with van der Waals surface area (Å²) in [4.78, 5) is 0. The van der Waals surface area contributed by atoms with Crippen LogP contribution in [0.2, 0.25) is 0 Å². The zero-order valence-electron chi connectivity index (χ0n) is 5.83. The molecule has 0 N–H and O–H groups in total. The maximum absolute atomic E-state index is 3.96. The monoisotopic (exact) mass is 110 g/mol. The smallest absolute Gasteiger partial charge is 0.00955 e. The van der Waals surface area contributed by atoms with E-state index in [-0.39, 0.29) is 0 Å². The number of hydrogen-bond acceptors (Lipinski definition) is 0. The molecule has 0 aromatic carbocycles. The molecule has 8 heavy (non-hydrogen) atoms. The van der Waals surface area contributed by atoms with Crippen LogP contribution in [-0.2, 0) is 0 Å². The minimum atomic E-state index is 0.597. The fourth-order valence-electron chi connectivity index (χ4n) is 1.23. The molecule has 0 radical (unpaired) electrons. The van der Waals surface area contributed by atoms with Crippen molar-refractivity contribution in [1.29, 1.82) is 0 Å².